The molecule has 10 heteroatoms. The number of carbonyl (C=O) groups excluding carboxylic acids is 2. The molecule has 3 N–H and O–H groups in total. The van der Waals surface area contributed by atoms with Crippen LogP contribution in [0.2, 0.25) is 0 Å². The molecule has 182 valence electrons. The predicted molar refractivity (Wildman–Crippen MR) is 136 cm³/mol. The number of amidine groups is 1. The van der Waals surface area contributed by atoms with Crippen molar-refractivity contribution in [3.63, 3.8) is 0 Å². The van der Waals surface area contributed by atoms with Gasteiger partial charge in [-0.2, -0.15) is 5.10 Å². The van der Waals surface area contributed by atoms with Crippen LogP contribution < -0.4 is 16.2 Å². The fourth-order valence-corrected chi connectivity index (χ4v) is 5.17. The highest BCUT2D eigenvalue weighted by molar-refractivity contribution is 8.14. The number of thioether (sulfide) groups is 1. The summed E-state index contributed by atoms with van der Waals surface area (Å²) < 4.78 is 4.98. The summed E-state index contributed by atoms with van der Waals surface area (Å²) in [5, 5.41) is 10.3. The number of nitrogens with one attached hydrogen (secondary N) is 3. The first-order valence-corrected chi connectivity index (χ1v) is 12.6. The Morgan fingerprint density at radius 2 is 1.91 bits per heavy atom. The van der Waals surface area contributed by atoms with E-state index in [9.17, 15) is 9.59 Å². The predicted octanol–water partition coefficient (Wildman–Crippen LogP) is 3.15. The van der Waals surface area contributed by atoms with Crippen LogP contribution >= 0.6 is 11.8 Å². The molecule has 3 heterocycles. The molecule has 0 aromatic heterocycles. The standard InChI is InChI=1S/C25H28N6O3S/c1-3-34-24(33)18-8-10-19(11-9-18)26-22(32)15-35-25-28-27-23-21-14-20(17-6-4-16(2)5-7-17)29-31(21)13-12-30(23)25/h4-13,20-21,23,27,29H,3,14-15H2,1-2H3,(H,26,32). The number of hydrazine groups is 1. The molecule has 0 bridgehead atoms. The number of esters is 1. The number of hydrogen-bond acceptors (Lipinski definition) is 9. The highest BCUT2D eigenvalue weighted by Crippen LogP contribution is 2.35. The summed E-state index contributed by atoms with van der Waals surface area (Å²) >= 11 is 1.38. The van der Waals surface area contributed by atoms with Crippen LogP contribution in [0.1, 0.15) is 40.9 Å². The average molecular weight is 493 g/mol. The second kappa shape index (κ2) is 10.0. The Kier molecular flexibility index (Phi) is 6.65. The van der Waals surface area contributed by atoms with Crippen molar-refractivity contribution in [1.29, 1.82) is 0 Å². The van der Waals surface area contributed by atoms with Crippen molar-refractivity contribution in [2.45, 2.75) is 38.5 Å². The number of hydrazone groups is 1. The summed E-state index contributed by atoms with van der Waals surface area (Å²) in [5.74, 6) is -0.303. The molecular formula is C25H28N6O3S. The third-order valence-corrected chi connectivity index (χ3v) is 7.16. The summed E-state index contributed by atoms with van der Waals surface area (Å²) in [4.78, 5) is 26.4. The van der Waals surface area contributed by atoms with E-state index in [1.54, 1.807) is 31.2 Å². The lowest BCUT2D eigenvalue weighted by molar-refractivity contribution is -0.113. The van der Waals surface area contributed by atoms with Gasteiger partial charge < -0.3 is 20.0 Å². The zero-order valence-electron chi connectivity index (χ0n) is 19.6. The van der Waals surface area contributed by atoms with Crippen molar-refractivity contribution >= 4 is 34.5 Å². The van der Waals surface area contributed by atoms with E-state index < -0.39 is 0 Å². The molecule has 35 heavy (non-hydrogen) atoms. The van der Waals surface area contributed by atoms with Crippen molar-refractivity contribution < 1.29 is 14.3 Å². The first kappa shape index (κ1) is 23.3. The number of anilines is 1. The molecule has 5 rings (SSSR count). The number of carbonyl (C=O) groups is 2. The SMILES string of the molecule is CCOC(=O)c1ccc(NC(=O)CSC2=NNC3C4CC(c5ccc(C)cc5)NN4C=CN23)cc1. The van der Waals surface area contributed by atoms with Gasteiger partial charge in [-0.1, -0.05) is 41.6 Å². The maximum absolute atomic E-state index is 12.5. The van der Waals surface area contributed by atoms with Gasteiger partial charge in [0.1, 0.15) is 6.17 Å². The van der Waals surface area contributed by atoms with Crippen LogP contribution in [0.15, 0.2) is 66.0 Å². The van der Waals surface area contributed by atoms with Gasteiger partial charge in [0.25, 0.3) is 0 Å². The van der Waals surface area contributed by atoms with Crippen LogP contribution in [0.5, 0.6) is 0 Å². The molecule has 0 radical (unpaired) electrons. The van der Waals surface area contributed by atoms with Crippen LogP contribution in [-0.4, -0.2) is 51.5 Å². The zero-order chi connectivity index (χ0) is 24.4. The normalized spacial score (nSPS) is 22.2. The first-order valence-electron chi connectivity index (χ1n) is 11.6. The van der Waals surface area contributed by atoms with E-state index in [0.29, 0.717) is 17.9 Å². The van der Waals surface area contributed by atoms with Gasteiger partial charge in [0.2, 0.25) is 5.91 Å². The van der Waals surface area contributed by atoms with E-state index in [2.05, 4.69) is 62.4 Å². The van der Waals surface area contributed by atoms with Crippen molar-refractivity contribution in [1.82, 2.24) is 20.8 Å². The van der Waals surface area contributed by atoms with Gasteiger partial charge in [-0.15, -0.1) is 0 Å². The van der Waals surface area contributed by atoms with Crippen LogP contribution in [0.4, 0.5) is 5.69 Å². The van der Waals surface area contributed by atoms with E-state index in [1.807, 2.05) is 12.4 Å². The molecular weight excluding hydrogens is 464 g/mol. The zero-order valence-corrected chi connectivity index (χ0v) is 20.4. The molecule has 1 amide bonds. The van der Waals surface area contributed by atoms with Crippen molar-refractivity contribution in [2.24, 2.45) is 5.10 Å². The van der Waals surface area contributed by atoms with Crippen LogP contribution in [0.3, 0.4) is 0 Å². The Labute approximate surface area is 208 Å². The van der Waals surface area contributed by atoms with Crippen LogP contribution in [0, 0.1) is 6.92 Å². The lowest BCUT2D eigenvalue weighted by Gasteiger charge is -2.36. The lowest BCUT2D eigenvalue weighted by atomic mass is 9.99. The number of nitrogens with zero attached hydrogens (tertiary/aromatic N) is 3. The summed E-state index contributed by atoms with van der Waals surface area (Å²) in [6, 6.07) is 15.7. The third-order valence-electron chi connectivity index (χ3n) is 6.20. The Morgan fingerprint density at radius 1 is 1.14 bits per heavy atom. The van der Waals surface area contributed by atoms with Crippen molar-refractivity contribution in [2.75, 3.05) is 17.7 Å². The van der Waals surface area contributed by atoms with E-state index >= 15 is 0 Å². The minimum absolute atomic E-state index is 0.00364. The molecule has 2 aromatic rings. The van der Waals surface area contributed by atoms with E-state index in [-0.39, 0.29) is 35.9 Å². The number of aryl methyl sites for hydroxylation is 1. The number of fused-ring (bicyclic) bond motifs is 3. The lowest BCUT2D eigenvalue weighted by Crippen LogP contribution is -2.54. The average Bonchev–Trinajstić information content (AvgIpc) is 3.48. The summed E-state index contributed by atoms with van der Waals surface area (Å²) in [6.45, 7) is 4.18. The molecule has 2 aromatic carbocycles. The topological polar surface area (TPSA) is 98.3 Å². The van der Waals surface area contributed by atoms with Gasteiger partial charge in [0.05, 0.1) is 30.0 Å². The highest BCUT2D eigenvalue weighted by Gasteiger charge is 2.44. The van der Waals surface area contributed by atoms with Gasteiger partial charge in [0.15, 0.2) is 5.17 Å². The molecule has 3 aliphatic rings. The van der Waals surface area contributed by atoms with E-state index in [0.717, 1.165) is 11.6 Å². The number of benzene rings is 2. The number of amides is 1. The Hall–Kier alpha value is -3.50. The maximum Gasteiger partial charge on any atom is 0.338 e. The number of rotatable bonds is 6. The van der Waals surface area contributed by atoms with E-state index in [1.165, 1.54) is 22.9 Å². The van der Waals surface area contributed by atoms with Gasteiger partial charge in [-0.3, -0.25) is 10.2 Å². The van der Waals surface area contributed by atoms with Crippen molar-refractivity contribution in [3.05, 3.63) is 77.6 Å². The molecule has 3 unspecified atom stereocenters. The summed E-state index contributed by atoms with van der Waals surface area (Å²) in [5.41, 5.74) is 10.4. The highest BCUT2D eigenvalue weighted by atomic mass is 32.2. The monoisotopic (exact) mass is 492 g/mol. The molecule has 9 nitrogen and oxygen atoms in total. The number of ether oxygens (including phenoxy) is 1. The van der Waals surface area contributed by atoms with Crippen LogP contribution in [-0.2, 0) is 9.53 Å². The number of hydrogen-bond donors (Lipinski definition) is 3. The maximum atomic E-state index is 12.5. The second-order valence-electron chi connectivity index (χ2n) is 8.61. The Balaban J connectivity index is 1.13. The molecule has 0 aliphatic carbocycles. The minimum Gasteiger partial charge on any atom is -0.462 e. The molecule has 1 saturated heterocycles. The Bertz CT molecular complexity index is 1150. The van der Waals surface area contributed by atoms with Gasteiger partial charge >= 0.3 is 5.97 Å². The molecule has 0 saturated carbocycles. The van der Waals surface area contributed by atoms with Gasteiger partial charge in [0, 0.05) is 18.1 Å². The Morgan fingerprint density at radius 3 is 2.66 bits per heavy atom. The quantitative estimate of drug-likeness (QED) is 0.529. The van der Waals surface area contributed by atoms with Gasteiger partial charge in [-0.05, 0) is 50.1 Å². The largest absolute Gasteiger partial charge is 0.462 e. The smallest absolute Gasteiger partial charge is 0.338 e. The summed E-state index contributed by atoms with van der Waals surface area (Å²) in [7, 11) is 0. The van der Waals surface area contributed by atoms with Crippen LogP contribution in [0.25, 0.3) is 0 Å². The third kappa shape index (κ3) is 4.98. The van der Waals surface area contributed by atoms with Crippen molar-refractivity contribution in [3.8, 4) is 0 Å². The first-order chi connectivity index (χ1) is 17.0. The molecule has 1 fully saturated rings. The molecule has 0 spiro atoms. The molecule has 3 atom stereocenters. The minimum atomic E-state index is -0.377. The second-order valence-corrected chi connectivity index (χ2v) is 9.55. The van der Waals surface area contributed by atoms with E-state index in [4.69, 9.17) is 4.74 Å². The van der Waals surface area contributed by atoms with Gasteiger partial charge in [-0.25, -0.2) is 10.2 Å². The summed E-state index contributed by atoms with van der Waals surface area (Å²) in [6.07, 6.45) is 4.97. The fraction of sp³-hybridized carbons (Fsp3) is 0.320. The fourth-order valence-electron chi connectivity index (χ4n) is 4.40. The molecule has 3 aliphatic heterocycles.